The van der Waals surface area contributed by atoms with Gasteiger partial charge in [0.2, 0.25) is 5.89 Å². The number of aliphatic hydroxyl groups excluding tert-OH is 1. The maximum absolute atomic E-state index is 12.5. The fraction of sp³-hybridized carbons (Fsp3) is 0.444. The third kappa shape index (κ3) is 4.58. The molecular weight excluding hydrogens is 306 g/mol. The second kappa shape index (κ2) is 8.49. The van der Waals surface area contributed by atoms with Crippen LogP contribution in [0, 0.1) is 13.8 Å². The van der Waals surface area contributed by atoms with E-state index in [1.54, 1.807) is 11.2 Å². The maximum atomic E-state index is 12.5. The number of aliphatic hydroxyl groups is 1. The van der Waals surface area contributed by atoms with E-state index in [4.69, 9.17) is 9.52 Å². The molecule has 6 heteroatoms. The number of carbonyl (C=O) groups excluding carboxylic acids is 1. The van der Waals surface area contributed by atoms with Gasteiger partial charge in [-0.1, -0.05) is 19.4 Å². The standard InChI is InChI=1S/C18H25N3O3/c1-4-5-8-21(9-10-22)18(23)20-16-11-15(7-6-13(16)2)17-19-14(3)12-24-17/h6-7,11-12,22H,4-5,8-10H2,1-3H3,(H,20,23). The number of hydrogen-bond donors (Lipinski definition) is 2. The Balaban J connectivity index is 2.16. The van der Waals surface area contributed by atoms with Crippen LogP contribution < -0.4 is 5.32 Å². The molecule has 0 radical (unpaired) electrons. The van der Waals surface area contributed by atoms with Crippen molar-refractivity contribution < 1.29 is 14.3 Å². The van der Waals surface area contributed by atoms with Gasteiger partial charge in [-0.25, -0.2) is 9.78 Å². The Hall–Kier alpha value is -2.34. The topological polar surface area (TPSA) is 78.6 Å². The Kier molecular flexibility index (Phi) is 6.37. The fourth-order valence-electron chi connectivity index (χ4n) is 2.36. The van der Waals surface area contributed by atoms with Gasteiger partial charge in [-0.15, -0.1) is 0 Å². The van der Waals surface area contributed by atoms with Crippen LogP contribution in [-0.4, -0.2) is 40.7 Å². The first-order valence-electron chi connectivity index (χ1n) is 8.25. The molecule has 0 aliphatic carbocycles. The molecule has 2 rings (SSSR count). The van der Waals surface area contributed by atoms with E-state index in [-0.39, 0.29) is 12.6 Å². The number of nitrogens with one attached hydrogen (secondary N) is 1. The fourth-order valence-corrected chi connectivity index (χ4v) is 2.36. The van der Waals surface area contributed by atoms with Crippen molar-refractivity contribution in [3.05, 3.63) is 35.7 Å². The molecule has 0 fully saturated rings. The molecule has 130 valence electrons. The number of urea groups is 1. The lowest BCUT2D eigenvalue weighted by Gasteiger charge is -2.22. The van der Waals surface area contributed by atoms with Crippen molar-refractivity contribution in [3.63, 3.8) is 0 Å². The minimum atomic E-state index is -0.207. The van der Waals surface area contributed by atoms with E-state index in [2.05, 4.69) is 17.2 Å². The summed E-state index contributed by atoms with van der Waals surface area (Å²) in [5.41, 5.74) is 3.29. The predicted molar refractivity (Wildman–Crippen MR) is 94.0 cm³/mol. The number of anilines is 1. The molecular formula is C18H25N3O3. The first-order valence-corrected chi connectivity index (χ1v) is 8.25. The number of carbonyl (C=O) groups is 1. The summed E-state index contributed by atoms with van der Waals surface area (Å²) >= 11 is 0. The summed E-state index contributed by atoms with van der Waals surface area (Å²) in [6.07, 6.45) is 3.50. The number of oxazole rings is 1. The number of nitrogens with zero attached hydrogens (tertiary/aromatic N) is 2. The predicted octanol–water partition coefficient (Wildman–Crippen LogP) is 3.58. The van der Waals surface area contributed by atoms with Crippen LogP contribution in [0.4, 0.5) is 10.5 Å². The first-order chi connectivity index (χ1) is 11.5. The molecule has 0 atom stereocenters. The molecule has 0 aliphatic rings. The van der Waals surface area contributed by atoms with Gasteiger partial charge in [-0.2, -0.15) is 0 Å². The highest BCUT2D eigenvalue weighted by atomic mass is 16.3. The Morgan fingerprint density at radius 1 is 1.33 bits per heavy atom. The van der Waals surface area contributed by atoms with Crippen molar-refractivity contribution in [2.45, 2.75) is 33.6 Å². The molecule has 24 heavy (non-hydrogen) atoms. The number of unbranched alkanes of at least 4 members (excludes halogenated alkanes) is 1. The summed E-state index contributed by atoms with van der Waals surface area (Å²) in [7, 11) is 0. The Labute approximate surface area is 142 Å². The Bertz CT molecular complexity index is 682. The largest absolute Gasteiger partial charge is 0.444 e. The summed E-state index contributed by atoms with van der Waals surface area (Å²) in [4.78, 5) is 18.4. The normalized spacial score (nSPS) is 10.7. The van der Waals surface area contributed by atoms with E-state index in [0.717, 1.165) is 29.7 Å². The van der Waals surface area contributed by atoms with Crippen LogP contribution in [0.2, 0.25) is 0 Å². The zero-order valence-corrected chi connectivity index (χ0v) is 14.5. The van der Waals surface area contributed by atoms with E-state index in [1.807, 2.05) is 32.0 Å². The lowest BCUT2D eigenvalue weighted by molar-refractivity contribution is 0.187. The number of aromatic nitrogens is 1. The van der Waals surface area contributed by atoms with Gasteiger partial charge in [0.15, 0.2) is 0 Å². The molecule has 2 aromatic rings. The molecule has 0 bridgehead atoms. The van der Waals surface area contributed by atoms with Crippen molar-refractivity contribution >= 4 is 11.7 Å². The van der Waals surface area contributed by atoms with Crippen LogP contribution in [0.5, 0.6) is 0 Å². The molecule has 0 unspecified atom stereocenters. The molecule has 1 aromatic heterocycles. The summed E-state index contributed by atoms with van der Waals surface area (Å²) in [5, 5.41) is 12.1. The van der Waals surface area contributed by atoms with Crippen molar-refractivity contribution in [2.24, 2.45) is 0 Å². The molecule has 0 aliphatic heterocycles. The zero-order chi connectivity index (χ0) is 17.5. The molecule has 1 heterocycles. The maximum Gasteiger partial charge on any atom is 0.321 e. The lowest BCUT2D eigenvalue weighted by Crippen LogP contribution is -2.37. The van der Waals surface area contributed by atoms with E-state index < -0.39 is 0 Å². The molecule has 0 spiro atoms. The second-order valence-electron chi connectivity index (χ2n) is 5.82. The van der Waals surface area contributed by atoms with Crippen molar-refractivity contribution in [1.29, 1.82) is 0 Å². The summed E-state index contributed by atoms with van der Waals surface area (Å²) in [6.45, 7) is 6.77. The SMILES string of the molecule is CCCCN(CCO)C(=O)Nc1cc(-c2nc(C)co2)ccc1C. The lowest BCUT2D eigenvalue weighted by atomic mass is 10.1. The van der Waals surface area contributed by atoms with Crippen LogP contribution in [0.3, 0.4) is 0 Å². The minimum absolute atomic E-state index is 0.0499. The highest BCUT2D eigenvalue weighted by Crippen LogP contribution is 2.25. The smallest absolute Gasteiger partial charge is 0.321 e. The zero-order valence-electron chi connectivity index (χ0n) is 14.5. The van der Waals surface area contributed by atoms with Gasteiger partial charge >= 0.3 is 6.03 Å². The average Bonchev–Trinajstić information content (AvgIpc) is 3.00. The summed E-state index contributed by atoms with van der Waals surface area (Å²) in [5.74, 6) is 0.529. The average molecular weight is 331 g/mol. The third-order valence-corrected chi connectivity index (χ3v) is 3.78. The molecule has 2 N–H and O–H groups in total. The van der Waals surface area contributed by atoms with Crippen LogP contribution in [-0.2, 0) is 0 Å². The molecule has 2 amide bonds. The summed E-state index contributed by atoms with van der Waals surface area (Å²) < 4.78 is 5.42. The van der Waals surface area contributed by atoms with Gasteiger partial charge in [-0.3, -0.25) is 0 Å². The van der Waals surface area contributed by atoms with Crippen molar-refractivity contribution in [1.82, 2.24) is 9.88 Å². The van der Waals surface area contributed by atoms with Crippen LogP contribution >= 0.6 is 0 Å². The van der Waals surface area contributed by atoms with Crippen LogP contribution in [0.25, 0.3) is 11.5 Å². The molecule has 1 aromatic carbocycles. The van der Waals surface area contributed by atoms with E-state index >= 15 is 0 Å². The first kappa shape index (κ1) is 18.0. The highest BCUT2D eigenvalue weighted by molar-refractivity contribution is 5.91. The third-order valence-electron chi connectivity index (χ3n) is 3.78. The highest BCUT2D eigenvalue weighted by Gasteiger charge is 2.15. The van der Waals surface area contributed by atoms with Crippen LogP contribution in [0.15, 0.2) is 28.9 Å². The van der Waals surface area contributed by atoms with Crippen molar-refractivity contribution in [2.75, 3.05) is 25.0 Å². The van der Waals surface area contributed by atoms with Gasteiger partial charge in [0.05, 0.1) is 12.3 Å². The van der Waals surface area contributed by atoms with E-state index in [1.165, 1.54) is 0 Å². The van der Waals surface area contributed by atoms with Crippen LogP contribution in [0.1, 0.15) is 31.0 Å². The number of hydrogen-bond acceptors (Lipinski definition) is 4. The Morgan fingerprint density at radius 3 is 2.75 bits per heavy atom. The number of benzene rings is 1. The quantitative estimate of drug-likeness (QED) is 0.813. The van der Waals surface area contributed by atoms with Crippen molar-refractivity contribution in [3.8, 4) is 11.5 Å². The van der Waals surface area contributed by atoms with E-state index in [0.29, 0.717) is 24.7 Å². The molecule has 0 saturated heterocycles. The van der Waals surface area contributed by atoms with Gasteiger partial charge in [-0.05, 0) is 38.0 Å². The minimum Gasteiger partial charge on any atom is -0.444 e. The van der Waals surface area contributed by atoms with Gasteiger partial charge in [0.25, 0.3) is 0 Å². The van der Waals surface area contributed by atoms with Gasteiger partial charge < -0.3 is 19.7 Å². The number of rotatable bonds is 7. The van der Waals surface area contributed by atoms with Gasteiger partial charge in [0.1, 0.15) is 6.26 Å². The monoisotopic (exact) mass is 331 g/mol. The van der Waals surface area contributed by atoms with Gasteiger partial charge in [0, 0.05) is 24.3 Å². The van der Waals surface area contributed by atoms with E-state index in [9.17, 15) is 4.79 Å². The number of aryl methyl sites for hydroxylation is 2. The summed E-state index contributed by atoms with van der Waals surface area (Å²) in [6, 6.07) is 5.49. The number of amides is 2. The molecule has 0 saturated carbocycles. The Morgan fingerprint density at radius 2 is 2.12 bits per heavy atom. The molecule has 6 nitrogen and oxygen atoms in total. The second-order valence-corrected chi connectivity index (χ2v) is 5.82.